The molecule has 1 rings (SSSR count). The van der Waals surface area contributed by atoms with Gasteiger partial charge in [0.15, 0.2) is 0 Å². The van der Waals surface area contributed by atoms with Crippen LogP contribution >= 0.6 is 0 Å². The molecule has 0 spiro atoms. The number of esters is 2. The highest BCUT2D eigenvalue weighted by Gasteiger charge is 2.26. The maximum absolute atomic E-state index is 12.6. The van der Waals surface area contributed by atoms with Crippen LogP contribution in [0.5, 0.6) is 0 Å². The molecule has 0 saturated carbocycles. The molecule has 5 nitrogen and oxygen atoms in total. The van der Waals surface area contributed by atoms with Gasteiger partial charge in [-0.15, -0.1) is 0 Å². The van der Waals surface area contributed by atoms with Gasteiger partial charge in [0.25, 0.3) is 0 Å². The summed E-state index contributed by atoms with van der Waals surface area (Å²) in [6.45, 7) is 9.09. The molecule has 0 bridgehead atoms. The lowest BCUT2D eigenvalue weighted by atomic mass is 9.92. The van der Waals surface area contributed by atoms with E-state index in [4.69, 9.17) is 9.47 Å². The Hall–Kier alpha value is -1.88. The van der Waals surface area contributed by atoms with E-state index in [0.717, 1.165) is 0 Å². The molecule has 24 heavy (non-hydrogen) atoms. The van der Waals surface area contributed by atoms with Crippen LogP contribution in [-0.4, -0.2) is 35.9 Å². The third-order valence-electron chi connectivity index (χ3n) is 4.09. The van der Waals surface area contributed by atoms with Crippen molar-refractivity contribution in [2.75, 3.05) is 6.61 Å². The second-order valence-electron chi connectivity index (χ2n) is 6.10. The van der Waals surface area contributed by atoms with Crippen LogP contribution in [0.2, 0.25) is 0 Å². The highest BCUT2D eigenvalue weighted by Crippen LogP contribution is 2.25. The Bertz CT molecular complexity index is 567. The van der Waals surface area contributed by atoms with Crippen molar-refractivity contribution >= 4 is 11.9 Å². The predicted molar refractivity (Wildman–Crippen MR) is 92.3 cm³/mol. The first-order valence-electron chi connectivity index (χ1n) is 8.51. The van der Waals surface area contributed by atoms with Gasteiger partial charge in [-0.25, -0.2) is 9.59 Å². The largest absolute Gasteiger partial charge is 0.459 e. The number of ether oxygens (including phenoxy) is 2. The lowest BCUT2D eigenvalue weighted by Crippen LogP contribution is -2.22. The second-order valence-corrected chi connectivity index (χ2v) is 6.10. The van der Waals surface area contributed by atoms with Gasteiger partial charge in [-0.2, -0.15) is 0 Å². The standard InChI is InChI=1S/C19H28O5/c1-6-13(4)23-18(21)16-10-8-9-15(12(3)11-20)17(16)19(22)24-14(5)7-2/h8-10,12-14,20H,6-7,11H2,1-5H3. The molecule has 0 amide bonds. The number of aliphatic hydroxyl groups excluding tert-OH is 1. The molecular formula is C19H28O5. The van der Waals surface area contributed by atoms with Gasteiger partial charge in [0, 0.05) is 12.5 Å². The van der Waals surface area contributed by atoms with E-state index in [0.29, 0.717) is 18.4 Å². The highest BCUT2D eigenvalue weighted by molar-refractivity contribution is 6.04. The van der Waals surface area contributed by atoms with Gasteiger partial charge in [-0.1, -0.05) is 32.9 Å². The summed E-state index contributed by atoms with van der Waals surface area (Å²) >= 11 is 0. The van der Waals surface area contributed by atoms with Crippen LogP contribution < -0.4 is 0 Å². The Morgan fingerprint density at radius 3 is 2.04 bits per heavy atom. The highest BCUT2D eigenvalue weighted by atomic mass is 16.5. The Morgan fingerprint density at radius 2 is 1.54 bits per heavy atom. The number of aliphatic hydroxyl groups is 1. The van der Waals surface area contributed by atoms with E-state index >= 15 is 0 Å². The average Bonchev–Trinajstić information content (AvgIpc) is 2.59. The Balaban J connectivity index is 3.32. The minimum atomic E-state index is -0.559. The SMILES string of the molecule is CCC(C)OC(=O)c1cccc(C(C)CO)c1C(=O)OC(C)CC. The number of benzene rings is 1. The summed E-state index contributed by atoms with van der Waals surface area (Å²) in [5.74, 6) is -1.40. The van der Waals surface area contributed by atoms with E-state index in [1.54, 1.807) is 39.0 Å². The van der Waals surface area contributed by atoms with E-state index in [1.807, 2.05) is 13.8 Å². The molecule has 0 aromatic heterocycles. The molecule has 0 aliphatic carbocycles. The van der Waals surface area contributed by atoms with Crippen molar-refractivity contribution < 1.29 is 24.2 Å². The van der Waals surface area contributed by atoms with Crippen molar-refractivity contribution in [2.24, 2.45) is 0 Å². The second kappa shape index (κ2) is 9.42. The molecule has 0 aliphatic heterocycles. The Labute approximate surface area is 144 Å². The molecule has 0 aliphatic rings. The zero-order valence-electron chi connectivity index (χ0n) is 15.2. The summed E-state index contributed by atoms with van der Waals surface area (Å²) < 4.78 is 10.8. The Kier molecular flexibility index (Phi) is 7.92. The fourth-order valence-electron chi connectivity index (χ4n) is 2.13. The zero-order valence-corrected chi connectivity index (χ0v) is 15.2. The Morgan fingerprint density at radius 1 is 1.00 bits per heavy atom. The van der Waals surface area contributed by atoms with E-state index in [-0.39, 0.29) is 35.9 Å². The topological polar surface area (TPSA) is 72.8 Å². The third kappa shape index (κ3) is 5.06. The number of hydrogen-bond donors (Lipinski definition) is 1. The molecule has 1 aromatic carbocycles. The number of hydrogen-bond acceptors (Lipinski definition) is 5. The molecule has 0 fully saturated rings. The van der Waals surface area contributed by atoms with Gasteiger partial charge in [0.2, 0.25) is 0 Å². The van der Waals surface area contributed by atoms with Crippen molar-refractivity contribution in [2.45, 2.75) is 65.6 Å². The lowest BCUT2D eigenvalue weighted by molar-refractivity contribution is 0.0283. The van der Waals surface area contributed by atoms with Crippen molar-refractivity contribution in [1.29, 1.82) is 0 Å². The third-order valence-corrected chi connectivity index (χ3v) is 4.09. The summed E-state index contributed by atoms with van der Waals surface area (Å²) in [4.78, 5) is 25.1. The van der Waals surface area contributed by atoms with Crippen LogP contribution in [0.4, 0.5) is 0 Å². The molecule has 3 atom stereocenters. The maximum atomic E-state index is 12.6. The van der Waals surface area contributed by atoms with Crippen molar-refractivity contribution in [1.82, 2.24) is 0 Å². The molecule has 1 aromatic rings. The summed E-state index contributed by atoms with van der Waals surface area (Å²) in [7, 11) is 0. The van der Waals surface area contributed by atoms with Crippen molar-refractivity contribution in [3.63, 3.8) is 0 Å². The van der Waals surface area contributed by atoms with Crippen molar-refractivity contribution in [3.8, 4) is 0 Å². The molecule has 3 unspecified atom stereocenters. The monoisotopic (exact) mass is 336 g/mol. The quantitative estimate of drug-likeness (QED) is 0.733. The van der Waals surface area contributed by atoms with Gasteiger partial charge in [0.1, 0.15) is 0 Å². The smallest absolute Gasteiger partial charge is 0.339 e. The molecule has 134 valence electrons. The molecule has 5 heteroatoms. The van der Waals surface area contributed by atoms with Crippen molar-refractivity contribution in [3.05, 3.63) is 34.9 Å². The van der Waals surface area contributed by atoms with E-state index < -0.39 is 11.9 Å². The number of carbonyl (C=O) groups excluding carboxylic acids is 2. The van der Waals surface area contributed by atoms with Crippen LogP contribution in [0.25, 0.3) is 0 Å². The fourth-order valence-corrected chi connectivity index (χ4v) is 2.13. The lowest BCUT2D eigenvalue weighted by Gasteiger charge is -2.19. The molecule has 1 N–H and O–H groups in total. The maximum Gasteiger partial charge on any atom is 0.339 e. The van der Waals surface area contributed by atoms with Gasteiger partial charge in [0.05, 0.1) is 23.3 Å². The predicted octanol–water partition coefficient (Wildman–Crippen LogP) is 3.69. The fraction of sp³-hybridized carbons (Fsp3) is 0.579. The normalized spacial score (nSPS) is 14.6. The summed E-state index contributed by atoms with van der Waals surface area (Å²) in [5.41, 5.74) is 0.957. The zero-order chi connectivity index (χ0) is 18.3. The number of rotatable bonds is 8. The van der Waals surface area contributed by atoms with Crippen LogP contribution in [0.1, 0.15) is 79.7 Å². The molecular weight excluding hydrogens is 308 g/mol. The molecule has 0 heterocycles. The summed E-state index contributed by atoms with van der Waals surface area (Å²) in [5, 5.41) is 9.47. The van der Waals surface area contributed by atoms with Gasteiger partial charge in [-0.3, -0.25) is 0 Å². The minimum Gasteiger partial charge on any atom is -0.459 e. The van der Waals surface area contributed by atoms with E-state index in [2.05, 4.69) is 0 Å². The summed E-state index contributed by atoms with van der Waals surface area (Å²) in [6.07, 6.45) is 0.865. The van der Waals surface area contributed by atoms with Gasteiger partial charge in [-0.05, 0) is 38.3 Å². The van der Waals surface area contributed by atoms with Crippen LogP contribution in [0.3, 0.4) is 0 Å². The van der Waals surface area contributed by atoms with Crippen LogP contribution in [0.15, 0.2) is 18.2 Å². The van der Waals surface area contributed by atoms with Gasteiger partial charge >= 0.3 is 11.9 Å². The van der Waals surface area contributed by atoms with Gasteiger partial charge < -0.3 is 14.6 Å². The first kappa shape index (κ1) is 20.2. The van der Waals surface area contributed by atoms with Crippen LogP contribution in [-0.2, 0) is 9.47 Å². The number of carbonyl (C=O) groups is 2. The van der Waals surface area contributed by atoms with E-state index in [1.165, 1.54) is 0 Å². The minimum absolute atomic E-state index is 0.131. The van der Waals surface area contributed by atoms with Crippen LogP contribution in [0, 0.1) is 0 Å². The molecule has 0 radical (unpaired) electrons. The molecule has 0 saturated heterocycles. The van der Waals surface area contributed by atoms with E-state index in [9.17, 15) is 14.7 Å². The first-order chi connectivity index (χ1) is 11.3. The first-order valence-corrected chi connectivity index (χ1v) is 8.51. The summed E-state index contributed by atoms with van der Waals surface area (Å²) in [6, 6.07) is 4.98. The average molecular weight is 336 g/mol.